The molecule has 0 aliphatic carbocycles. The molecule has 1 aromatic carbocycles. The number of urea groups is 1. The highest BCUT2D eigenvalue weighted by atomic mass is 19.2. The van der Waals surface area contributed by atoms with E-state index in [-0.39, 0.29) is 12.3 Å². The molecule has 0 heterocycles. The third kappa shape index (κ3) is 3.47. The van der Waals surface area contributed by atoms with Crippen molar-refractivity contribution in [3.05, 3.63) is 29.8 Å². The van der Waals surface area contributed by atoms with Crippen molar-refractivity contribution in [3.63, 3.8) is 0 Å². The van der Waals surface area contributed by atoms with Crippen molar-refractivity contribution in [2.45, 2.75) is 13.0 Å². The second kappa shape index (κ2) is 5.41. The Balaban J connectivity index is 2.59. The Morgan fingerprint density at radius 2 is 2.12 bits per heavy atom. The van der Waals surface area contributed by atoms with Gasteiger partial charge in [0.2, 0.25) is 0 Å². The molecular weight excluding hydrogens is 218 g/mol. The summed E-state index contributed by atoms with van der Waals surface area (Å²) < 4.78 is 25.3. The predicted molar refractivity (Wildman–Crippen MR) is 55.1 cm³/mol. The van der Waals surface area contributed by atoms with Crippen molar-refractivity contribution < 1.29 is 18.7 Å². The number of halogens is 2. The molecule has 4 nitrogen and oxygen atoms in total. The highest BCUT2D eigenvalue weighted by Gasteiger charge is 2.07. The highest BCUT2D eigenvalue weighted by molar-refractivity contribution is 5.89. The van der Waals surface area contributed by atoms with E-state index in [0.717, 1.165) is 12.1 Å². The Morgan fingerprint density at radius 1 is 1.44 bits per heavy atom. The van der Waals surface area contributed by atoms with Gasteiger partial charge < -0.3 is 15.7 Å². The Morgan fingerprint density at radius 3 is 2.69 bits per heavy atom. The molecule has 16 heavy (non-hydrogen) atoms. The smallest absolute Gasteiger partial charge is 0.319 e. The summed E-state index contributed by atoms with van der Waals surface area (Å²) in [6.45, 7) is 1.40. The molecule has 0 saturated carbocycles. The topological polar surface area (TPSA) is 61.4 Å². The molecule has 0 saturated heterocycles. The standard InChI is InChI=1S/C10H12F2N2O2/c1-6(5-15)13-10(16)14-7-2-3-8(11)9(12)4-7/h2-4,6,15H,5H2,1H3,(H2,13,14,16). The molecule has 0 fully saturated rings. The minimum Gasteiger partial charge on any atom is -0.394 e. The van der Waals surface area contributed by atoms with Crippen LogP contribution in [0.1, 0.15) is 6.92 Å². The quantitative estimate of drug-likeness (QED) is 0.736. The van der Waals surface area contributed by atoms with Crippen LogP contribution in [0, 0.1) is 11.6 Å². The molecule has 0 aliphatic rings. The SMILES string of the molecule is CC(CO)NC(=O)Nc1ccc(F)c(F)c1. The van der Waals surface area contributed by atoms with Crippen LogP contribution in [0.5, 0.6) is 0 Å². The summed E-state index contributed by atoms with van der Waals surface area (Å²) in [5, 5.41) is 13.4. The number of rotatable bonds is 3. The number of carbonyl (C=O) groups is 1. The number of carbonyl (C=O) groups excluding carboxylic acids is 1. The number of amides is 2. The lowest BCUT2D eigenvalue weighted by atomic mass is 10.3. The third-order valence-electron chi connectivity index (χ3n) is 1.83. The van der Waals surface area contributed by atoms with Crippen molar-refractivity contribution in [2.75, 3.05) is 11.9 Å². The van der Waals surface area contributed by atoms with Gasteiger partial charge in [0.05, 0.1) is 12.6 Å². The van der Waals surface area contributed by atoms with Crippen LogP contribution in [0.25, 0.3) is 0 Å². The lowest BCUT2D eigenvalue weighted by Gasteiger charge is -2.11. The predicted octanol–water partition coefficient (Wildman–Crippen LogP) is 1.47. The van der Waals surface area contributed by atoms with Crippen LogP contribution < -0.4 is 10.6 Å². The molecule has 1 unspecified atom stereocenters. The number of aliphatic hydroxyl groups is 1. The first-order valence-corrected chi connectivity index (χ1v) is 4.66. The van der Waals surface area contributed by atoms with Gasteiger partial charge in [0.1, 0.15) is 0 Å². The van der Waals surface area contributed by atoms with Gasteiger partial charge in [0.25, 0.3) is 0 Å². The van der Waals surface area contributed by atoms with Crippen molar-refractivity contribution >= 4 is 11.7 Å². The normalized spacial score (nSPS) is 12.0. The lowest BCUT2D eigenvalue weighted by Crippen LogP contribution is -2.38. The molecule has 1 rings (SSSR count). The molecule has 0 radical (unpaired) electrons. The molecular formula is C10H12F2N2O2. The summed E-state index contributed by atoms with van der Waals surface area (Å²) in [7, 11) is 0. The zero-order chi connectivity index (χ0) is 12.1. The van der Waals surface area contributed by atoms with Crippen LogP contribution in [0.4, 0.5) is 19.3 Å². The zero-order valence-electron chi connectivity index (χ0n) is 8.63. The fourth-order valence-corrected chi connectivity index (χ4v) is 1.01. The van der Waals surface area contributed by atoms with Crippen LogP contribution in [0.3, 0.4) is 0 Å². The highest BCUT2D eigenvalue weighted by Crippen LogP contribution is 2.12. The van der Waals surface area contributed by atoms with E-state index in [1.54, 1.807) is 6.92 Å². The number of anilines is 1. The average molecular weight is 230 g/mol. The first-order chi connectivity index (χ1) is 7.52. The van der Waals surface area contributed by atoms with Crippen LogP contribution in [0.2, 0.25) is 0 Å². The van der Waals surface area contributed by atoms with Gasteiger partial charge in [-0.2, -0.15) is 0 Å². The molecule has 88 valence electrons. The van der Waals surface area contributed by atoms with Crippen molar-refractivity contribution in [3.8, 4) is 0 Å². The monoisotopic (exact) mass is 230 g/mol. The molecule has 2 amide bonds. The van der Waals surface area contributed by atoms with Crippen LogP contribution in [-0.4, -0.2) is 23.8 Å². The van der Waals surface area contributed by atoms with E-state index in [9.17, 15) is 13.6 Å². The van der Waals surface area contributed by atoms with E-state index in [4.69, 9.17) is 5.11 Å². The van der Waals surface area contributed by atoms with Gasteiger partial charge in [-0.3, -0.25) is 0 Å². The minimum atomic E-state index is -1.03. The van der Waals surface area contributed by atoms with Crippen molar-refractivity contribution in [2.24, 2.45) is 0 Å². The maximum atomic E-state index is 12.8. The van der Waals surface area contributed by atoms with E-state index in [2.05, 4.69) is 10.6 Å². The van der Waals surface area contributed by atoms with Gasteiger partial charge >= 0.3 is 6.03 Å². The summed E-state index contributed by atoms with van der Waals surface area (Å²) in [6.07, 6.45) is 0. The number of benzene rings is 1. The molecule has 0 bridgehead atoms. The fraction of sp³-hybridized carbons (Fsp3) is 0.300. The lowest BCUT2D eigenvalue weighted by molar-refractivity contribution is 0.229. The molecule has 0 spiro atoms. The summed E-state index contributed by atoms with van der Waals surface area (Å²) in [5.41, 5.74) is 0.140. The Labute approximate surface area is 91.3 Å². The molecule has 3 N–H and O–H groups in total. The van der Waals surface area contributed by atoms with Gasteiger partial charge in [-0.15, -0.1) is 0 Å². The summed E-state index contributed by atoms with van der Waals surface area (Å²) in [4.78, 5) is 11.2. The Hall–Kier alpha value is -1.69. The summed E-state index contributed by atoms with van der Waals surface area (Å²) in [6, 6.07) is 2.03. The van der Waals surface area contributed by atoms with E-state index in [1.807, 2.05) is 0 Å². The van der Waals surface area contributed by atoms with E-state index in [1.165, 1.54) is 6.07 Å². The maximum Gasteiger partial charge on any atom is 0.319 e. The first-order valence-electron chi connectivity index (χ1n) is 4.66. The van der Waals surface area contributed by atoms with Crippen LogP contribution in [0.15, 0.2) is 18.2 Å². The van der Waals surface area contributed by atoms with E-state index in [0.29, 0.717) is 0 Å². The van der Waals surface area contributed by atoms with Crippen molar-refractivity contribution in [1.82, 2.24) is 5.32 Å². The number of nitrogens with one attached hydrogen (secondary N) is 2. The fourth-order valence-electron chi connectivity index (χ4n) is 1.01. The van der Waals surface area contributed by atoms with Crippen LogP contribution in [-0.2, 0) is 0 Å². The van der Waals surface area contributed by atoms with E-state index >= 15 is 0 Å². The Bertz CT molecular complexity index is 385. The maximum absolute atomic E-state index is 12.8. The zero-order valence-corrected chi connectivity index (χ0v) is 8.63. The molecule has 6 heteroatoms. The van der Waals surface area contributed by atoms with Gasteiger partial charge in [0, 0.05) is 11.8 Å². The van der Waals surface area contributed by atoms with E-state index < -0.39 is 23.7 Å². The second-order valence-electron chi connectivity index (χ2n) is 3.31. The average Bonchev–Trinajstić information content (AvgIpc) is 2.23. The summed E-state index contributed by atoms with van der Waals surface area (Å²) >= 11 is 0. The van der Waals surface area contributed by atoms with Gasteiger partial charge in [-0.25, -0.2) is 13.6 Å². The Kier molecular flexibility index (Phi) is 4.19. The third-order valence-corrected chi connectivity index (χ3v) is 1.83. The number of hydrogen-bond acceptors (Lipinski definition) is 2. The molecule has 1 atom stereocenters. The molecule has 0 aromatic heterocycles. The molecule has 1 aromatic rings. The first kappa shape index (κ1) is 12.4. The summed E-state index contributed by atoms with van der Waals surface area (Å²) in [5.74, 6) is -2.01. The largest absolute Gasteiger partial charge is 0.394 e. The molecule has 0 aliphatic heterocycles. The van der Waals surface area contributed by atoms with Gasteiger partial charge in [-0.05, 0) is 19.1 Å². The minimum absolute atomic E-state index is 0.140. The van der Waals surface area contributed by atoms with Crippen molar-refractivity contribution in [1.29, 1.82) is 0 Å². The van der Waals surface area contributed by atoms with Gasteiger partial charge in [-0.1, -0.05) is 0 Å². The number of hydrogen-bond donors (Lipinski definition) is 3. The number of aliphatic hydroxyl groups excluding tert-OH is 1. The van der Waals surface area contributed by atoms with Gasteiger partial charge in [0.15, 0.2) is 11.6 Å². The van der Waals surface area contributed by atoms with Crippen LogP contribution >= 0.6 is 0 Å². The second-order valence-corrected chi connectivity index (χ2v) is 3.31.